The van der Waals surface area contributed by atoms with Gasteiger partial charge in [0.1, 0.15) is 12.2 Å². The minimum atomic E-state index is 0.325. The standard InChI is InChI=1S/C13H25N5/c1-10(2)18-13(15-9-16-18)8-17-6-4-12(5-7-17)11(3)14/h9-12H,4-8,14H2,1-3H3. The smallest absolute Gasteiger partial charge is 0.141 e. The van der Waals surface area contributed by atoms with Crippen molar-refractivity contribution >= 4 is 0 Å². The van der Waals surface area contributed by atoms with Crippen LogP contribution >= 0.6 is 0 Å². The summed E-state index contributed by atoms with van der Waals surface area (Å²) in [5.41, 5.74) is 5.97. The molecule has 0 saturated carbocycles. The van der Waals surface area contributed by atoms with Crippen molar-refractivity contribution in [1.82, 2.24) is 19.7 Å². The van der Waals surface area contributed by atoms with Crippen molar-refractivity contribution in [3.8, 4) is 0 Å². The van der Waals surface area contributed by atoms with E-state index in [9.17, 15) is 0 Å². The lowest BCUT2D eigenvalue weighted by Crippen LogP contribution is -2.39. The molecule has 0 bridgehead atoms. The summed E-state index contributed by atoms with van der Waals surface area (Å²) < 4.78 is 2.01. The van der Waals surface area contributed by atoms with Gasteiger partial charge < -0.3 is 5.73 Å². The van der Waals surface area contributed by atoms with Gasteiger partial charge in [-0.15, -0.1) is 0 Å². The summed E-state index contributed by atoms with van der Waals surface area (Å²) in [7, 11) is 0. The van der Waals surface area contributed by atoms with Gasteiger partial charge in [0, 0.05) is 12.1 Å². The first-order valence-electron chi connectivity index (χ1n) is 6.94. The zero-order valence-corrected chi connectivity index (χ0v) is 11.7. The maximum atomic E-state index is 5.97. The SMILES string of the molecule is CC(N)C1CCN(Cc2ncnn2C(C)C)CC1. The summed E-state index contributed by atoms with van der Waals surface area (Å²) in [6, 6.07) is 0.704. The lowest BCUT2D eigenvalue weighted by Gasteiger charge is -2.33. The Kier molecular flexibility index (Phi) is 4.35. The van der Waals surface area contributed by atoms with E-state index in [1.807, 2.05) is 4.68 Å². The molecule has 0 radical (unpaired) electrons. The van der Waals surface area contributed by atoms with Gasteiger partial charge in [-0.25, -0.2) is 9.67 Å². The van der Waals surface area contributed by atoms with E-state index < -0.39 is 0 Å². The highest BCUT2D eigenvalue weighted by Crippen LogP contribution is 2.20. The second-order valence-corrected chi connectivity index (χ2v) is 5.69. The molecule has 2 heterocycles. The van der Waals surface area contributed by atoms with Gasteiger partial charge in [-0.05, 0) is 52.6 Å². The molecule has 2 N–H and O–H groups in total. The van der Waals surface area contributed by atoms with Crippen LogP contribution in [-0.4, -0.2) is 38.8 Å². The fourth-order valence-electron chi connectivity index (χ4n) is 2.66. The Hall–Kier alpha value is -0.940. The zero-order chi connectivity index (χ0) is 13.1. The van der Waals surface area contributed by atoms with Crippen LogP contribution in [0, 0.1) is 5.92 Å². The molecule has 0 aliphatic carbocycles. The van der Waals surface area contributed by atoms with Gasteiger partial charge in [0.2, 0.25) is 0 Å². The summed E-state index contributed by atoms with van der Waals surface area (Å²) in [4.78, 5) is 6.83. The minimum absolute atomic E-state index is 0.325. The third-order valence-electron chi connectivity index (χ3n) is 3.88. The molecule has 2 rings (SSSR count). The van der Waals surface area contributed by atoms with Crippen molar-refractivity contribution < 1.29 is 0 Å². The zero-order valence-electron chi connectivity index (χ0n) is 11.7. The molecule has 18 heavy (non-hydrogen) atoms. The Morgan fingerprint density at radius 2 is 2.00 bits per heavy atom. The molecule has 5 heteroatoms. The van der Waals surface area contributed by atoms with Crippen LogP contribution < -0.4 is 5.73 Å². The van der Waals surface area contributed by atoms with E-state index in [-0.39, 0.29) is 0 Å². The van der Waals surface area contributed by atoms with E-state index in [0.717, 1.165) is 25.5 Å². The van der Waals surface area contributed by atoms with Gasteiger partial charge in [0.05, 0.1) is 6.54 Å². The van der Waals surface area contributed by atoms with E-state index in [1.165, 1.54) is 12.8 Å². The molecular weight excluding hydrogens is 226 g/mol. The maximum Gasteiger partial charge on any atom is 0.141 e. The van der Waals surface area contributed by atoms with Crippen molar-refractivity contribution in [2.24, 2.45) is 11.7 Å². The molecule has 1 atom stereocenters. The molecule has 1 fully saturated rings. The van der Waals surface area contributed by atoms with Gasteiger partial charge in [0.15, 0.2) is 0 Å². The van der Waals surface area contributed by atoms with Crippen LogP contribution in [0.2, 0.25) is 0 Å². The van der Waals surface area contributed by atoms with E-state index in [4.69, 9.17) is 5.73 Å². The minimum Gasteiger partial charge on any atom is -0.328 e. The number of nitrogens with two attached hydrogens (primary N) is 1. The van der Waals surface area contributed by atoms with Gasteiger partial charge >= 0.3 is 0 Å². The summed E-state index contributed by atoms with van der Waals surface area (Å²) in [6.45, 7) is 9.55. The normalized spacial score (nSPS) is 20.5. The second-order valence-electron chi connectivity index (χ2n) is 5.69. The van der Waals surface area contributed by atoms with E-state index in [2.05, 4.69) is 35.8 Å². The first kappa shape index (κ1) is 13.5. The molecule has 1 aromatic heterocycles. The van der Waals surface area contributed by atoms with Crippen LogP contribution in [0.1, 0.15) is 45.5 Å². The third kappa shape index (κ3) is 3.09. The highest BCUT2D eigenvalue weighted by atomic mass is 15.4. The van der Waals surface area contributed by atoms with Crippen LogP contribution in [0.25, 0.3) is 0 Å². The highest BCUT2D eigenvalue weighted by molar-refractivity contribution is 4.88. The van der Waals surface area contributed by atoms with Crippen LogP contribution in [0.15, 0.2) is 6.33 Å². The number of aromatic nitrogens is 3. The Morgan fingerprint density at radius 3 is 2.56 bits per heavy atom. The van der Waals surface area contributed by atoms with Crippen molar-refractivity contribution in [3.63, 3.8) is 0 Å². The summed E-state index contributed by atoms with van der Waals surface area (Å²) in [6.07, 6.45) is 4.06. The van der Waals surface area contributed by atoms with Crippen LogP contribution in [0.3, 0.4) is 0 Å². The third-order valence-corrected chi connectivity index (χ3v) is 3.88. The Balaban J connectivity index is 1.90. The fraction of sp³-hybridized carbons (Fsp3) is 0.846. The first-order valence-corrected chi connectivity index (χ1v) is 6.94. The van der Waals surface area contributed by atoms with Crippen molar-refractivity contribution in [2.45, 2.75) is 52.2 Å². The molecule has 0 spiro atoms. The molecule has 1 aliphatic rings. The fourth-order valence-corrected chi connectivity index (χ4v) is 2.66. The molecule has 5 nitrogen and oxygen atoms in total. The van der Waals surface area contributed by atoms with Crippen LogP contribution in [0.4, 0.5) is 0 Å². The van der Waals surface area contributed by atoms with E-state index in [1.54, 1.807) is 6.33 Å². The predicted octanol–water partition coefficient (Wildman–Crippen LogP) is 1.42. The quantitative estimate of drug-likeness (QED) is 0.879. The van der Waals surface area contributed by atoms with Crippen molar-refractivity contribution in [1.29, 1.82) is 0 Å². The molecule has 1 aliphatic heterocycles. The highest BCUT2D eigenvalue weighted by Gasteiger charge is 2.23. The Labute approximate surface area is 109 Å². The molecule has 0 aromatic carbocycles. The summed E-state index contributed by atoms with van der Waals surface area (Å²) in [5.74, 6) is 1.76. The van der Waals surface area contributed by atoms with Crippen molar-refractivity contribution in [2.75, 3.05) is 13.1 Å². The van der Waals surface area contributed by atoms with Gasteiger partial charge in [-0.3, -0.25) is 4.90 Å². The van der Waals surface area contributed by atoms with Crippen molar-refractivity contribution in [3.05, 3.63) is 12.2 Å². The average molecular weight is 251 g/mol. The number of nitrogens with zero attached hydrogens (tertiary/aromatic N) is 4. The lowest BCUT2D eigenvalue weighted by atomic mass is 9.91. The first-order chi connectivity index (χ1) is 8.58. The molecule has 1 aromatic rings. The Morgan fingerprint density at radius 1 is 1.33 bits per heavy atom. The van der Waals surface area contributed by atoms with Gasteiger partial charge in [-0.2, -0.15) is 5.10 Å². The summed E-state index contributed by atoms with van der Waals surface area (Å²) >= 11 is 0. The Bertz CT molecular complexity index is 363. The number of likely N-dealkylation sites (tertiary alicyclic amines) is 1. The van der Waals surface area contributed by atoms with Crippen LogP contribution in [-0.2, 0) is 6.54 Å². The molecular formula is C13H25N5. The number of hydrogen-bond donors (Lipinski definition) is 1. The monoisotopic (exact) mass is 251 g/mol. The predicted molar refractivity (Wildman–Crippen MR) is 72.1 cm³/mol. The molecule has 1 unspecified atom stereocenters. The number of hydrogen-bond acceptors (Lipinski definition) is 4. The van der Waals surface area contributed by atoms with Gasteiger partial charge in [-0.1, -0.05) is 0 Å². The molecule has 1 saturated heterocycles. The lowest BCUT2D eigenvalue weighted by molar-refractivity contribution is 0.159. The van der Waals surface area contributed by atoms with E-state index in [0.29, 0.717) is 18.0 Å². The van der Waals surface area contributed by atoms with Crippen LogP contribution in [0.5, 0.6) is 0 Å². The maximum absolute atomic E-state index is 5.97. The largest absolute Gasteiger partial charge is 0.328 e. The molecule has 102 valence electrons. The average Bonchev–Trinajstić information content (AvgIpc) is 2.78. The number of piperidine rings is 1. The number of rotatable bonds is 4. The van der Waals surface area contributed by atoms with Gasteiger partial charge in [0.25, 0.3) is 0 Å². The summed E-state index contributed by atoms with van der Waals surface area (Å²) in [5, 5.41) is 4.28. The van der Waals surface area contributed by atoms with E-state index >= 15 is 0 Å². The topological polar surface area (TPSA) is 60.0 Å². The second kappa shape index (κ2) is 5.80. The molecule has 0 amide bonds.